The first-order valence-electron chi connectivity index (χ1n) is 13.4. The van der Waals surface area contributed by atoms with Crippen molar-refractivity contribution >= 4 is 50.9 Å². The zero-order chi connectivity index (χ0) is 30.7. The van der Waals surface area contributed by atoms with E-state index in [9.17, 15) is 19.7 Å². The van der Waals surface area contributed by atoms with Crippen LogP contribution in [0.3, 0.4) is 0 Å². The molecule has 0 saturated heterocycles. The number of hydrogen-bond acceptors (Lipinski definition) is 8. The van der Waals surface area contributed by atoms with Gasteiger partial charge in [0, 0.05) is 35.1 Å². The van der Waals surface area contributed by atoms with E-state index in [-0.39, 0.29) is 41.1 Å². The Bertz CT molecular complexity index is 1720. The summed E-state index contributed by atoms with van der Waals surface area (Å²) in [6, 6.07) is 20.2. The number of hydrazone groups is 1. The van der Waals surface area contributed by atoms with Crippen LogP contribution in [0.4, 0.5) is 5.69 Å². The fourth-order valence-corrected chi connectivity index (χ4v) is 5.79. The number of nitro groups is 1. The maximum Gasteiger partial charge on any atom is 0.273 e. The molecule has 1 aliphatic heterocycles. The largest absolute Gasteiger partial charge is 0.345 e. The molecule has 43 heavy (non-hydrogen) atoms. The molecule has 2 amide bonds. The molecule has 1 aliphatic rings. The van der Waals surface area contributed by atoms with Crippen LogP contribution in [0, 0.1) is 24.0 Å². The number of aryl methyl sites for hydroxylation is 1. The molecule has 4 aromatic rings. The summed E-state index contributed by atoms with van der Waals surface area (Å²) in [5.41, 5.74) is 4.33. The average Bonchev–Trinajstić information content (AvgIpc) is 3.59. The third-order valence-electron chi connectivity index (χ3n) is 7.21. The number of nitrogens with one attached hydrogen (secondary N) is 1. The van der Waals surface area contributed by atoms with Crippen molar-refractivity contribution in [2.24, 2.45) is 12.1 Å². The van der Waals surface area contributed by atoms with Gasteiger partial charge in [0.1, 0.15) is 0 Å². The minimum absolute atomic E-state index is 0.0570. The van der Waals surface area contributed by atoms with E-state index in [1.54, 1.807) is 16.6 Å². The second-order valence-corrected chi connectivity index (χ2v) is 11.9. The number of nitrogens with zero attached hydrogens (tertiary/aromatic N) is 6. The third kappa shape index (κ3) is 6.67. The topological polar surface area (TPSA) is 136 Å². The fraction of sp³-hybridized carbons (Fsp3) is 0.233. The lowest BCUT2D eigenvalue weighted by Crippen LogP contribution is -2.28. The number of nitro benzene ring substituents is 1. The van der Waals surface area contributed by atoms with Crippen LogP contribution in [0.5, 0.6) is 0 Å². The number of halogens is 1. The fourth-order valence-electron chi connectivity index (χ4n) is 4.74. The molecule has 1 atom stereocenters. The van der Waals surface area contributed by atoms with Crippen molar-refractivity contribution < 1.29 is 14.5 Å². The molecule has 0 unspecified atom stereocenters. The number of hydrogen-bond donors (Lipinski definition) is 1. The van der Waals surface area contributed by atoms with Gasteiger partial charge in [0.15, 0.2) is 11.0 Å². The molecule has 0 spiro atoms. The Balaban J connectivity index is 1.26. The Kier molecular flexibility index (Phi) is 9.02. The maximum absolute atomic E-state index is 13.5. The number of carbonyl (C=O) groups excluding carboxylic acids is 2. The maximum atomic E-state index is 13.5. The molecule has 1 aromatic heterocycles. The standard InChI is InChI=1S/C30H28BrN7O4S/c1-18-7-9-21(10-8-18)26-15-24(20-11-13-22(31)14-12-20)35-37(26)28(39)17-43-30-34-33-27(36(30)3)16-32-29(40)23-5-4-6-25(19(23)2)38(41)42/h4-14,26H,15-17H2,1-3H3,(H,32,40)/t26-/m1/s1. The van der Waals surface area contributed by atoms with Crippen molar-refractivity contribution in [3.8, 4) is 0 Å². The first kappa shape index (κ1) is 30.1. The zero-order valence-corrected chi connectivity index (χ0v) is 26.1. The molecule has 11 nitrogen and oxygen atoms in total. The van der Waals surface area contributed by atoms with Gasteiger partial charge >= 0.3 is 0 Å². The number of thioether (sulfide) groups is 1. The number of carbonyl (C=O) groups is 2. The minimum Gasteiger partial charge on any atom is -0.345 e. The average molecular weight is 663 g/mol. The van der Waals surface area contributed by atoms with Crippen LogP contribution < -0.4 is 5.32 Å². The molecule has 220 valence electrons. The molecule has 0 bridgehead atoms. The lowest BCUT2D eigenvalue weighted by Gasteiger charge is -2.22. The highest BCUT2D eigenvalue weighted by molar-refractivity contribution is 9.10. The molecule has 0 saturated carbocycles. The Morgan fingerprint density at radius 1 is 1.07 bits per heavy atom. The molecule has 5 rings (SSSR count). The molecule has 2 heterocycles. The smallest absolute Gasteiger partial charge is 0.273 e. The number of rotatable bonds is 9. The lowest BCUT2D eigenvalue weighted by molar-refractivity contribution is -0.385. The van der Waals surface area contributed by atoms with E-state index in [0.29, 0.717) is 17.4 Å². The highest BCUT2D eigenvalue weighted by Crippen LogP contribution is 2.34. The summed E-state index contributed by atoms with van der Waals surface area (Å²) in [7, 11) is 1.75. The summed E-state index contributed by atoms with van der Waals surface area (Å²) in [6.07, 6.45) is 0.596. The molecule has 0 aliphatic carbocycles. The van der Waals surface area contributed by atoms with Crippen LogP contribution in [0.2, 0.25) is 0 Å². The van der Waals surface area contributed by atoms with E-state index in [4.69, 9.17) is 5.10 Å². The summed E-state index contributed by atoms with van der Waals surface area (Å²) in [5.74, 6) is -0.0588. The first-order chi connectivity index (χ1) is 20.6. The van der Waals surface area contributed by atoms with Gasteiger partial charge in [0.05, 0.1) is 29.0 Å². The molecule has 1 N–H and O–H groups in total. The van der Waals surface area contributed by atoms with Gasteiger partial charge in [-0.15, -0.1) is 10.2 Å². The minimum atomic E-state index is -0.516. The lowest BCUT2D eigenvalue weighted by atomic mass is 9.98. The van der Waals surface area contributed by atoms with Crippen molar-refractivity contribution in [3.63, 3.8) is 0 Å². The van der Waals surface area contributed by atoms with E-state index in [1.807, 2.05) is 55.5 Å². The Labute approximate surface area is 260 Å². The van der Waals surface area contributed by atoms with E-state index >= 15 is 0 Å². The van der Waals surface area contributed by atoms with E-state index in [1.165, 1.54) is 36.9 Å². The molecule has 3 aromatic carbocycles. The highest BCUT2D eigenvalue weighted by atomic mass is 79.9. The van der Waals surface area contributed by atoms with Gasteiger partial charge in [-0.1, -0.05) is 75.7 Å². The van der Waals surface area contributed by atoms with E-state index in [0.717, 1.165) is 26.9 Å². The predicted octanol–water partition coefficient (Wildman–Crippen LogP) is 5.50. The normalized spacial score (nSPS) is 14.5. The van der Waals surface area contributed by atoms with Crippen molar-refractivity contribution in [2.45, 2.75) is 38.0 Å². The Morgan fingerprint density at radius 2 is 1.79 bits per heavy atom. The molecular formula is C30H28BrN7O4S. The van der Waals surface area contributed by atoms with Crippen LogP contribution >= 0.6 is 27.7 Å². The van der Waals surface area contributed by atoms with Gasteiger partial charge in [-0.3, -0.25) is 19.7 Å². The van der Waals surface area contributed by atoms with Crippen LogP contribution in [0.1, 0.15) is 50.9 Å². The predicted molar refractivity (Wildman–Crippen MR) is 167 cm³/mol. The molecule has 0 radical (unpaired) electrons. The van der Waals surface area contributed by atoms with Gasteiger partial charge in [-0.2, -0.15) is 5.10 Å². The highest BCUT2D eigenvalue weighted by Gasteiger charge is 2.33. The number of benzene rings is 3. The summed E-state index contributed by atoms with van der Waals surface area (Å²) >= 11 is 4.70. The van der Waals surface area contributed by atoms with Crippen LogP contribution in [0.25, 0.3) is 0 Å². The second kappa shape index (κ2) is 12.9. The van der Waals surface area contributed by atoms with Gasteiger partial charge in [-0.05, 0) is 43.2 Å². The third-order valence-corrected chi connectivity index (χ3v) is 8.74. The monoisotopic (exact) mass is 661 g/mol. The summed E-state index contributed by atoms with van der Waals surface area (Å²) in [5, 5.41) is 29.2. The summed E-state index contributed by atoms with van der Waals surface area (Å²) in [4.78, 5) is 37.0. The quantitative estimate of drug-likeness (QED) is 0.142. The first-order valence-corrected chi connectivity index (χ1v) is 15.2. The van der Waals surface area contributed by atoms with Gasteiger partial charge in [0.2, 0.25) is 0 Å². The zero-order valence-electron chi connectivity index (χ0n) is 23.7. The summed E-state index contributed by atoms with van der Waals surface area (Å²) < 4.78 is 2.67. The Morgan fingerprint density at radius 3 is 2.49 bits per heavy atom. The van der Waals surface area contributed by atoms with Crippen molar-refractivity contribution in [2.75, 3.05) is 5.75 Å². The molecule has 13 heteroatoms. The number of aromatic nitrogens is 3. The number of amides is 2. The van der Waals surface area contributed by atoms with Crippen LogP contribution in [-0.2, 0) is 18.4 Å². The van der Waals surface area contributed by atoms with Crippen molar-refractivity contribution in [1.29, 1.82) is 0 Å². The van der Waals surface area contributed by atoms with Gasteiger partial charge < -0.3 is 9.88 Å². The van der Waals surface area contributed by atoms with E-state index in [2.05, 4.69) is 31.4 Å². The summed E-state index contributed by atoms with van der Waals surface area (Å²) in [6.45, 7) is 3.62. The van der Waals surface area contributed by atoms with Gasteiger partial charge in [-0.25, -0.2) is 5.01 Å². The van der Waals surface area contributed by atoms with Crippen molar-refractivity contribution in [3.05, 3.63) is 115 Å². The van der Waals surface area contributed by atoms with Crippen LogP contribution in [0.15, 0.2) is 81.5 Å². The molecule has 0 fully saturated rings. The Hall–Kier alpha value is -4.36. The van der Waals surface area contributed by atoms with Crippen molar-refractivity contribution in [1.82, 2.24) is 25.1 Å². The molecular weight excluding hydrogens is 634 g/mol. The van der Waals surface area contributed by atoms with Crippen LogP contribution in [-0.4, -0.2) is 48.0 Å². The van der Waals surface area contributed by atoms with Gasteiger partial charge in [0.25, 0.3) is 17.5 Å². The SMILES string of the molecule is Cc1ccc([C@H]2CC(c3ccc(Br)cc3)=NN2C(=O)CSc2nnc(CNC(=O)c3cccc([N+](=O)[O-])c3C)n2C)cc1. The van der Waals surface area contributed by atoms with E-state index < -0.39 is 10.8 Å². The second-order valence-electron chi connectivity index (χ2n) is 10.1.